The molecule has 0 saturated carbocycles. The number of nitrogens with one attached hydrogen (secondary N) is 1. The lowest BCUT2D eigenvalue weighted by atomic mass is 9.93. The third-order valence-electron chi connectivity index (χ3n) is 7.85. The summed E-state index contributed by atoms with van der Waals surface area (Å²) >= 11 is 0. The first-order valence-electron chi connectivity index (χ1n) is 12.4. The van der Waals surface area contributed by atoms with Crippen molar-refractivity contribution in [3.8, 4) is 35.1 Å². The fourth-order valence-electron chi connectivity index (χ4n) is 6.29. The van der Waals surface area contributed by atoms with Crippen LogP contribution in [0.2, 0.25) is 0 Å². The second-order valence-electron chi connectivity index (χ2n) is 10.0. The molecule has 2 saturated heterocycles. The molecule has 0 amide bonds. The van der Waals surface area contributed by atoms with Crippen molar-refractivity contribution in [3.63, 3.8) is 0 Å². The van der Waals surface area contributed by atoms with E-state index in [2.05, 4.69) is 23.1 Å². The molecule has 2 aromatic carbocycles. The maximum atomic E-state index is 14.7. The van der Waals surface area contributed by atoms with Crippen LogP contribution in [0.1, 0.15) is 29.7 Å². The molecule has 3 aliphatic heterocycles. The van der Waals surface area contributed by atoms with Crippen molar-refractivity contribution in [2.45, 2.75) is 38.3 Å². The number of anilines is 1. The molecule has 0 spiro atoms. The second kappa shape index (κ2) is 7.81. The summed E-state index contributed by atoms with van der Waals surface area (Å²) in [7, 11) is 0. The van der Waals surface area contributed by atoms with Gasteiger partial charge in [0.1, 0.15) is 23.1 Å². The highest BCUT2D eigenvalue weighted by atomic mass is 19.1. The summed E-state index contributed by atoms with van der Waals surface area (Å²) in [5.41, 5.74) is 3.38. The number of pyridine rings is 2. The van der Waals surface area contributed by atoms with Gasteiger partial charge in [0.2, 0.25) is 0 Å². The molecule has 5 heterocycles. The zero-order chi connectivity index (χ0) is 24.6. The fraction of sp³-hybridized carbons (Fsp3) is 0.310. The van der Waals surface area contributed by atoms with Gasteiger partial charge in [-0.05, 0) is 48.9 Å². The van der Waals surface area contributed by atoms with Crippen LogP contribution in [-0.2, 0) is 6.42 Å². The lowest BCUT2D eigenvalue weighted by Crippen LogP contribution is -2.51. The number of ether oxygens (including phenoxy) is 1. The average molecular weight is 481 g/mol. The van der Waals surface area contributed by atoms with Crippen LogP contribution < -0.4 is 15.0 Å². The van der Waals surface area contributed by atoms with Crippen LogP contribution in [0, 0.1) is 25.1 Å². The zero-order valence-corrected chi connectivity index (χ0v) is 19.9. The quantitative estimate of drug-likeness (QED) is 0.413. The van der Waals surface area contributed by atoms with Gasteiger partial charge in [-0.3, -0.25) is 4.98 Å². The van der Waals surface area contributed by atoms with E-state index in [0.717, 1.165) is 47.4 Å². The Morgan fingerprint density at radius 2 is 2.00 bits per heavy atom. The molecule has 4 aromatic rings. The van der Waals surface area contributed by atoms with Crippen LogP contribution in [0.4, 0.5) is 10.2 Å². The van der Waals surface area contributed by atoms with Gasteiger partial charge in [-0.25, -0.2) is 9.37 Å². The maximum Gasteiger partial charge on any atom is 0.153 e. The number of fused-ring (bicyclic) bond motifs is 3. The Labute approximate surface area is 208 Å². The summed E-state index contributed by atoms with van der Waals surface area (Å²) in [5.74, 6) is 3.64. The van der Waals surface area contributed by atoms with Gasteiger partial charge in [0.05, 0.1) is 12.2 Å². The zero-order valence-electron chi connectivity index (χ0n) is 19.9. The van der Waals surface area contributed by atoms with Crippen LogP contribution in [0.5, 0.6) is 11.5 Å². The highest BCUT2D eigenvalue weighted by Crippen LogP contribution is 2.46. The van der Waals surface area contributed by atoms with E-state index in [0.29, 0.717) is 46.5 Å². The lowest BCUT2D eigenvalue weighted by Gasteiger charge is -2.35. The molecule has 0 radical (unpaired) electrons. The SMILES string of the molecule is C#Cc1c(F)ccc2cc(O)cc(-c3ncc4c(N5CC6CCC(C5)N6)nc(C)c5c4c3OCC5)c12. The first-order chi connectivity index (χ1) is 17.5. The van der Waals surface area contributed by atoms with E-state index in [1.807, 2.05) is 6.20 Å². The van der Waals surface area contributed by atoms with Crippen LogP contribution in [0.15, 0.2) is 30.5 Å². The van der Waals surface area contributed by atoms with Crippen molar-refractivity contribution in [2.75, 3.05) is 24.6 Å². The summed E-state index contributed by atoms with van der Waals surface area (Å²) in [4.78, 5) is 12.3. The Hall–Kier alpha value is -3.89. The predicted molar refractivity (Wildman–Crippen MR) is 138 cm³/mol. The normalized spacial score (nSPS) is 20.5. The monoisotopic (exact) mass is 480 g/mol. The van der Waals surface area contributed by atoms with Crippen molar-refractivity contribution in [2.24, 2.45) is 0 Å². The third-order valence-corrected chi connectivity index (χ3v) is 7.85. The number of aromatic hydroxyl groups is 1. The number of benzene rings is 2. The van der Waals surface area contributed by atoms with Crippen molar-refractivity contribution >= 4 is 27.4 Å². The summed E-state index contributed by atoms with van der Waals surface area (Å²) in [5, 5.41) is 17.4. The molecule has 2 atom stereocenters. The standard InChI is InChI=1S/C29H25FN4O2/c1-3-20-24(30)7-4-16-10-19(35)11-22(25(16)20)27-28-26-21(8-9-36-28)15(2)32-29(23(26)12-31-27)34-13-17-5-6-18(14-34)33-17/h1,4,7,10-12,17-18,33,35H,5-6,8-9,13-14H2,2H3. The number of phenolic OH excluding ortho intramolecular Hbond substituents is 1. The molecular formula is C29H25FN4O2. The number of rotatable bonds is 2. The molecule has 7 heteroatoms. The third kappa shape index (κ3) is 3.07. The van der Waals surface area contributed by atoms with Gasteiger partial charge in [0, 0.05) is 65.2 Å². The first kappa shape index (κ1) is 21.4. The van der Waals surface area contributed by atoms with Crippen molar-refractivity contribution < 1.29 is 14.2 Å². The average Bonchev–Trinajstić information content (AvgIpc) is 3.23. The second-order valence-corrected chi connectivity index (χ2v) is 10.0. The van der Waals surface area contributed by atoms with Crippen molar-refractivity contribution in [3.05, 3.63) is 53.1 Å². The van der Waals surface area contributed by atoms with Gasteiger partial charge >= 0.3 is 0 Å². The van der Waals surface area contributed by atoms with Crippen LogP contribution in [0.25, 0.3) is 32.8 Å². The van der Waals surface area contributed by atoms with E-state index in [1.54, 1.807) is 18.2 Å². The number of aromatic nitrogens is 2. The minimum atomic E-state index is -0.483. The molecule has 7 rings (SSSR count). The highest BCUT2D eigenvalue weighted by molar-refractivity contribution is 6.07. The predicted octanol–water partition coefficient (Wildman–Crippen LogP) is 4.46. The summed E-state index contributed by atoms with van der Waals surface area (Å²) in [6.45, 7) is 4.38. The largest absolute Gasteiger partial charge is 0.508 e. The number of hydrogen-bond acceptors (Lipinski definition) is 6. The number of hydrogen-bond donors (Lipinski definition) is 2. The molecule has 2 unspecified atom stereocenters. The number of halogens is 1. The van der Waals surface area contributed by atoms with E-state index in [1.165, 1.54) is 18.9 Å². The molecule has 2 N–H and O–H groups in total. The van der Waals surface area contributed by atoms with E-state index in [-0.39, 0.29) is 11.3 Å². The molecule has 36 heavy (non-hydrogen) atoms. The Bertz CT molecular complexity index is 1610. The minimum Gasteiger partial charge on any atom is -0.508 e. The molecular weight excluding hydrogens is 455 g/mol. The molecule has 6 nitrogen and oxygen atoms in total. The van der Waals surface area contributed by atoms with Crippen molar-refractivity contribution in [1.29, 1.82) is 0 Å². The fourth-order valence-corrected chi connectivity index (χ4v) is 6.29. The number of nitrogens with zero attached hydrogens (tertiary/aromatic N) is 3. The van der Waals surface area contributed by atoms with Crippen LogP contribution >= 0.6 is 0 Å². The molecule has 2 aromatic heterocycles. The first-order valence-corrected chi connectivity index (χ1v) is 12.4. The van der Waals surface area contributed by atoms with E-state index < -0.39 is 5.82 Å². The lowest BCUT2D eigenvalue weighted by molar-refractivity contribution is 0.318. The smallest absolute Gasteiger partial charge is 0.153 e. The molecule has 2 bridgehead atoms. The Kier molecular flexibility index (Phi) is 4.64. The topological polar surface area (TPSA) is 70.5 Å². The summed E-state index contributed by atoms with van der Waals surface area (Å²) in [6, 6.07) is 7.09. The molecule has 3 aliphatic rings. The molecule has 180 valence electrons. The van der Waals surface area contributed by atoms with Gasteiger partial charge in [-0.2, -0.15) is 0 Å². The highest BCUT2D eigenvalue weighted by Gasteiger charge is 2.34. The van der Waals surface area contributed by atoms with E-state index >= 15 is 0 Å². The number of aryl methyl sites for hydroxylation is 1. The number of terminal acetylenes is 1. The van der Waals surface area contributed by atoms with Crippen LogP contribution in [0.3, 0.4) is 0 Å². The molecule has 0 aliphatic carbocycles. The van der Waals surface area contributed by atoms with Gasteiger partial charge in [0.25, 0.3) is 0 Å². The van der Waals surface area contributed by atoms with E-state index in [4.69, 9.17) is 21.1 Å². The molecule has 2 fully saturated rings. The van der Waals surface area contributed by atoms with Gasteiger partial charge in [-0.1, -0.05) is 12.0 Å². The van der Waals surface area contributed by atoms with E-state index in [9.17, 15) is 9.50 Å². The van der Waals surface area contributed by atoms with Crippen molar-refractivity contribution in [1.82, 2.24) is 15.3 Å². The Balaban J connectivity index is 1.51. The van der Waals surface area contributed by atoms with Gasteiger partial charge < -0.3 is 20.1 Å². The summed E-state index contributed by atoms with van der Waals surface area (Å²) in [6.07, 6.45) is 10.7. The van der Waals surface area contributed by atoms with Gasteiger partial charge in [0.15, 0.2) is 5.75 Å². The van der Waals surface area contributed by atoms with Gasteiger partial charge in [-0.15, -0.1) is 6.42 Å². The Morgan fingerprint density at radius 3 is 2.78 bits per heavy atom. The number of phenols is 1. The van der Waals surface area contributed by atoms with Crippen LogP contribution in [-0.4, -0.2) is 46.9 Å². The Morgan fingerprint density at radius 1 is 1.19 bits per heavy atom. The number of piperazine rings is 1. The maximum absolute atomic E-state index is 14.7. The summed E-state index contributed by atoms with van der Waals surface area (Å²) < 4.78 is 21.0. The minimum absolute atomic E-state index is 0.0556.